The second-order valence-electron chi connectivity index (χ2n) is 2.22. The lowest BCUT2D eigenvalue weighted by Gasteiger charge is -2.05. The number of rotatable bonds is 5. The van der Waals surface area contributed by atoms with Gasteiger partial charge in [-0.15, -0.1) is 10.2 Å². The van der Waals surface area contributed by atoms with Gasteiger partial charge in [-0.3, -0.25) is 0 Å². The van der Waals surface area contributed by atoms with E-state index in [1.807, 2.05) is 6.92 Å². The number of hydrogen-bond acceptors (Lipinski definition) is 5. The highest BCUT2D eigenvalue weighted by Gasteiger charge is 2.06. The molecule has 0 N–H and O–H groups in total. The minimum Gasteiger partial charge on any atom is -0.473 e. The summed E-state index contributed by atoms with van der Waals surface area (Å²) >= 11 is 11.2. The maximum atomic E-state index is 5.65. The van der Waals surface area contributed by atoms with Gasteiger partial charge >= 0.3 is 0 Å². The Bertz CT molecular complexity index is 298. The molecule has 78 valence electrons. The molecule has 1 aromatic heterocycles. The van der Waals surface area contributed by atoms with Gasteiger partial charge in [-0.25, -0.2) is 0 Å². The van der Waals surface area contributed by atoms with Crippen molar-refractivity contribution in [2.45, 2.75) is 6.92 Å². The van der Waals surface area contributed by atoms with Crippen LogP contribution in [0.3, 0.4) is 0 Å². The Hall–Kier alpha value is -0.650. The second-order valence-corrected chi connectivity index (χ2v) is 2.92. The molecule has 0 bridgehead atoms. The van der Waals surface area contributed by atoms with Crippen LogP contribution in [-0.2, 0) is 4.74 Å². The number of hydrogen-bond donors (Lipinski definition) is 0. The molecule has 1 rings (SSSR count). The van der Waals surface area contributed by atoms with Crippen molar-refractivity contribution >= 4 is 23.2 Å². The summed E-state index contributed by atoms with van der Waals surface area (Å²) in [6.45, 7) is 3.35. The fraction of sp³-hybridized carbons (Fsp3) is 0.571. The van der Waals surface area contributed by atoms with Gasteiger partial charge in [0, 0.05) is 6.61 Å². The highest BCUT2D eigenvalue weighted by atomic mass is 35.5. The fourth-order valence-electron chi connectivity index (χ4n) is 0.714. The average Bonchev–Trinajstić information content (AvgIpc) is 2.18. The van der Waals surface area contributed by atoms with Crippen molar-refractivity contribution in [2.75, 3.05) is 19.8 Å². The lowest BCUT2D eigenvalue weighted by Crippen LogP contribution is -2.08. The van der Waals surface area contributed by atoms with Crippen LogP contribution in [0.5, 0.6) is 5.88 Å². The van der Waals surface area contributed by atoms with Gasteiger partial charge < -0.3 is 9.47 Å². The normalized spacial score (nSPS) is 10.2. The first-order valence-electron chi connectivity index (χ1n) is 4.00. The smallest absolute Gasteiger partial charge is 0.257 e. The molecule has 0 saturated heterocycles. The summed E-state index contributed by atoms with van der Waals surface area (Å²) in [6, 6.07) is 0. The minimum absolute atomic E-state index is 0.000750. The zero-order chi connectivity index (χ0) is 10.4. The Kier molecular flexibility index (Phi) is 4.86. The number of aromatic nitrogens is 3. The van der Waals surface area contributed by atoms with Gasteiger partial charge in [0.1, 0.15) is 6.61 Å². The second kappa shape index (κ2) is 5.95. The summed E-state index contributed by atoms with van der Waals surface area (Å²) in [5, 5.41) is 7.07. The molecule has 14 heavy (non-hydrogen) atoms. The number of halogens is 2. The summed E-state index contributed by atoms with van der Waals surface area (Å²) in [5.41, 5.74) is 0. The molecule has 1 aromatic rings. The zero-order valence-corrected chi connectivity index (χ0v) is 9.05. The minimum atomic E-state index is 0.000750. The predicted octanol–water partition coefficient (Wildman–Crippen LogP) is 1.59. The SMILES string of the molecule is CCOCCOc1nc(Cl)nnc1Cl. The van der Waals surface area contributed by atoms with Crippen molar-refractivity contribution < 1.29 is 9.47 Å². The largest absolute Gasteiger partial charge is 0.473 e. The molecule has 0 aliphatic carbocycles. The predicted molar refractivity (Wildman–Crippen MR) is 51.8 cm³/mol. The molecular weight excluding hydrogens is 229 g/mol. The van der Waals surface area contributed by atoms with Gasteiger partial charge in [0.15, 0.2) is 0 Å². The van der Waals surface area contributed by atoms with E-state index in [0.717, 1.165) is 0 Å². The summed E-state index contributed by atoms with van der Waals surface area (Å²) < 4.78 is 10.2. The lowest BCUT2D eigenvalue weighted by molar-refractivity contribution is 0.108. The van der Waals surface area contributed by atoms with E-state index in [-0.39, 0.29) is 16.3 Å². The molecule has 1 heterocycles. The molecule has 0 atom stereocenters. The molecule has 0 aliphatic heterocycles. The molecule has 0 unspecified atom stereocenters. The van der Waals surface area contributed by atoms with Crippen LogP contribution in [0.25, 0.3) is 0 Å². The Labute approximate surface area is 91.4 Å². The van der Waals surface area contributed by atoms with Crippen molar-refractivity contribution in [2.24, 2.45) is 0 Å². The number of ether oxygens (including phenoxy) is 2. The molecular formula is C7H9Cl2N3O2. The first-order valence-corrected chi connectivity index (χ1v) is 4.76. The van der Waals surface area contributed by atoms with Crippen molar-refractivity contribution in [3.8, 4) is 5.88 Å². The molecule has 0 spiro atoms. The molecule has 0 saturated carbocycles. The van der Waals surface area contributed by atoms with Crippen LogP contribution in [0.1, 0.15) is 6.92 Å². The molecule has 5 nitrogen and oxygen atoms in total. The standard InChI is InChI=1S/C7H9Cl2N3O2/c1-2-13-3-4-14-6-5(8)11-12-7(9)10-6/h2-4H2,1H3. The van der Waals surface area contributed by atoms with E-state index in [2.05, 4.69) is 15.2 Å². The molecule has 0 fully saturated rings. The van der Waals surface area contributed by atoms with E-state index in [1.54, 1.807) is 0 Å². The van der Waals surface area contributed by atoms with Crippen LogP contribution in [0.4, 0.5) is 0 Å². The van der Waals surface area contributed by atoms with Gasteiger partial charge in [-0.2, -0.15) is 4.98 Å². The third-order valence-electron chi connectivity index (χ3n) is 1.26. The van der Waals surface area contributed by atoms with E-state index in [1.165, 1.54) is 0 Å². The van der Waals surface area contributed by atoms with Crippen LogP contribution in [0.2, 0.25) is 10.4 Å². The Morgan fingerprint density at radius 2 is 2.00 bits per heavy atom. The number of nitrogens with zero attached hydrogens (tertiary/aromatic N) is 3. The van der Waals surface area contributed by atoms with Crippen molar-refractivity contribution in [1.82, 2.24) is 15.2 Å². The van der Waals surface area contributed by atoms with E-state index in [9.17, 15) is 0 Å². The van der Waals surface area contributed by atoms with Gasteiger partial charge in [0.05, 0.1) is 6.61 Å². The third-order valence-corrected chi connectivity index (χ3v) is 1.66. The van der Waals surface area contributed by atoms with E-state index >= 15 is 0 Å². The molecule has 0 amide bonds. The highest BCUT2D eigenvalue weighted by Crippen LogP contribution is 2.18. The molecule has 0 aliphatic rings. The molecule has 0 aromatic carbocycles. The Morgan fingerprint density at radius 3 is 2.71 bits per heavy atom. The van der Waals surface area contributed by atoms with Gasteiger partial charge in [-0.05, 0) is 18.5 Å². The van der Waals surface area contributed by atoms with Crippen LogP contribution in [-0.4, -0.2) is 35.0 Å². The summed E-state index contributed by atoms with van der Waals surface area (Å²) in [5.74, 6) is 0.173. The van der Waals surface area contributed by atoms with Crippen LogP contribution < -0.4 is 4.74 Å². The van der Waals surface area contributed by atoms with Crippen molar-refractivity contribution in [1.29, 1.82) is 0 Å². The summed E-state index contributed by atoms with van der Waals surface area (Å²) in [6.07, 6.45) is 0. The van der Waals surface area contributed by atoms with Gasteiger partial charge in [0.2, 0.25) is 10.4 Å². The summed E-state index contributed by atoms with van der Waals surface area (Å²) in [7, 11) is 0. The maximum Gasteiger partial charge on any atom is 0.257 e. The van der Waals surface area contributed by atoms with Crippen LogP contribution in [0, 0.1) is 0 Å². The van der Waals surface area contributed by atoms with Crippen molar-refractivity contribution in [3.05, 3.63) is 10.4 Å². The van der Waals surface area contributed by atoms with E-state index < -0.39 is 0 Å². The molecule has 7 heteroatoms. The van der Waals surface area contributed by atoms with Crippen LogP contribution >= 0.6 is 23.2 Å². The first kappa shape index (κ1) is 11.4. The van der Waals surface area contributed by atoms with E-state index in [4.69, 9.17) is 32.7 Å². The monoisotopic (exact) mass is 237 g/mol. The quantitative estimate of drug-likeness (QED) is 0.729. The van der Waals surface area contributed by atoms with Crippen LogP contribution in [0.15, 0.2) is 0 Å². The topological polar surface area (TPSA) is 57.1 Å². The average molecular weight is 238 g/mol. The Balaban J connectivity index is 2.45. The fourth-order valence-corrected chi connectivity index (χ4v) is 0.963. The lowest BCUT2D eigenvalue weighted by atomic mass is 10.7. The maximum absolute atomic E-state index is 5.65. The molecule has 0 radical (unpaired) electrons. The highest BCUT2D eigenvalue weighted by molar-refractivity contribution is 6.31. The zero-order valence-electron chi connectivity index (χ0n) is 7.54. The van der Waals surface area contributed by atoms with E-state index in [0.29, 0.717) is 19.8 Å². The van der Waals surface area contributed by atoms with Gasteiger partial charge in [0.25, 0.3) is 5.88 Å². The first-order chi connectivity index (χ1) is 6.74. The van der Waals surface area contributed by atoms with Crippen molar-refractivity contribution in [3.63, 3.8) is 0 Å². The Morgan fingerprint density at radius 1 is 1.21 bits per heavy atom. The van der Waals surface area contributed by atoms with Gasteiger partial charge in [-0.1, -0.05) is 11.6 Å². The summed E-state index contributed by atoms with van der Waals surface area (Å²) in [4.78, 5) is 3.75. The third kappa shape index (κ3) is 3.61.